The van der Waals surface area contributed by atoms with Gasteiger partial charge in [-0.15, -0.1) is 21.8 Å². The van der Waals surface area contributed by atoms with E-state index in [0.29, 0.717) is 12.4 Å². The molecule has 0 N–H and O–H groups in total. The Morgan fingerprint density at radius 2 is 2.19 bits per heavy atom. The number of halogens is 1. The third-order valence-corrected chi connectivity index (χ3v) is 2.34. The van der Waals surface area contributed by atoms with Crippen molar-refractivity contribution in [3.63, 3.8) is 0 Å². The van der Waals surface area contributed by atoms with Crippen molar-refractivity contribution < 1.29 is 0 Å². The first-order chi connectivity index (χ1) is 7.83. The standard InChI is InChI=1S/C8H12ClN7/c1-2-3-16-8(11-12-14-16)6-15-5-7(4-9)10-13-15/h5H,2-4,6H2,1H3. The fourth-order valence-electron chi connectivity index (χ4n) is 1.34. The minimum absolute atomic E-state index is 0.361. The molecule has 86 valence electrons. The van der Waals surface area contributed by atoms with Crippen LogP contribution in [0.15, 0.2) is 6.20 Å². The molecule has 0 radical (unpaired) electrons. The summed E-state index contributed by atoms with van der Waals surface area (Å²) in [4.78, 5) is 0. The first kappa shape index (κ1) is 11.0. The molecule has 2 heterocycles. The van der Waals surface area contributed by atoms with Gasteiger partial charge >= 0.3 is 0 Å². The van der Waals surface area contributed by atoms with Gasteiger partial charge in [0, 0.05) is 6.54 Å². The molecule has 0 aromatic carbocycles. The molecular formula is C8H12ClN7. The van der Waals surface area contributed by atoms with Crippen LogP contribution in [0.25, 0.3) is 0 Å². The minimum Gasteiger partial charge on any atom is -0.245 e. The Balaban J connectivity index is 2.10. The predicted octanol–water partition coefficient (Wildman–Crippen LogP) is 0.462. The van der Waals surface area contributed by atoms with E-state index in [2.05, 4.69) is 32.8 Å². The number of hydrogen-bond donors (Lipinski definition) is 0. The number of tetrazole rings is 1. The average molecular weight is 242 g/mol. The molecule has 0 fully saturated rings. The van der Waals surface area contributed by atoms with Crippen LogP contribution < -0.4 is 0 Å². The lowest BCUT2D eigenvalue weighted by molar-refractivity contribution is 0.526. The van der Waals surface area contributed by atoms with Crippen LogP contribution >= 0.6 is 11.6 Å². The van der Waals surface area contributed by atoms with Gasteiger partial charge in [-0.1, -0.05) is 12.1 Å². The number of aromatic nitrogens is 7. The van der Waals surface area contributed by atoms with Gasteiger partial charge in [-0.25, -0.2) is 9.36 Å². The molecule has 16 heavy (non-hydrogen) atoms. The summed E-state index contributed by atoms with van der Waals surface area (Å²) in [5, 5.41) is 19.3. The van der Waals surface area contributed by atoms with Crippen molar-refractivity contribution in [2.45, 2.75) is 32.3 Å². The highest BCUT2D eigenvalue weighted by Gasteiger charge is 2.07. The first-order valence-electron chi connectivity index (χ1n) is 5.03. The summed E-state index contributed by atoms with van der Waals surface area (Å²) in [6.07, 6.45) is 2.78. The van der Waals surface area contributed by atoms with Gasteiger partial charge in [0.15, 0.2) is 5.82 Å². The van der Waals surface area contributed by atoms with Crippen molar-refractivity contribution in [3.8, 4) is 0 Å². The second-order valence-corrected chi connectivity index (χ2v) is 3.63. The highest BCUT2D eigenvalue weighted by Crippen LogP contribution is 2.01. The van der Waals surface area contributed by atoms with Gasteiger partial charge in [0.05, 0.1) is 17.8 Å². The van der Waals surface area contributed by atoms with E-state index < -0.39 is 0 Å². The molecule has 0 saturated carbocycles. The third kappa shape index (κ3) is 2.35. The van der Waals surface area contributed by atoms with Crippen molar-refractivity contribution in [2.75, 3.05) is 0 Å². The Kier molecular flexibility index (Phi) is 3.45. The molecule has 0 saturated heterocycles. The summed E-state index contributed by atoms with van der Waals surface area (Å²) < 4.78 is 3.44. The quantitative estimate of drug-likeness (QED) is 0.711. The van der Waals surface area contributed by atoms with Crippen LogP contribution in [0.2, 0.25) is 0 Å². The molecule has 0 unspecified atom stereocenters. The molecule has 0 spiro atoms. The maximum atomic E-state index is 5.64. The second kappa shape index (κ2) is 5.02. The zero-order valence-corrected chi connectivity index (χ0v) is 9.67. The van der Waals surface area contributed by atoms with Gasteiger partial charge in [0.2, 0.25) is 0 Å². The average Bonchev–Trinajstić information content (AvgIpc) is 2.90. The molecule has 2 rings (SSSR count). The fourth-order valence-corrected chi connectivity index (χ4v) is 1.47. The van der Waals surface area contributed by atoms with Crippen LogP contribution in [0, 0.1) is 0 Å². The van der Waals surface area contributed by atoms with E-state index >= 15 is 0 Å². The third-order valence-electron chi connectivity index (χ3n) is 2.07. The highest BCUT2D eigenvalue weighted by atomic mass is 35.5. The lowest BCUT2D eigenvalue weighted by atomic mass is 10.4. The highest BCUT2D eigenvalue weighted by molar-refractivity contribution is 6.16. The molecule has 0 aliphatic rings. The second-order valence-electron chi connectivity index (χ2n) is 3.36. The van der Waals surface area contributed by atoms with Crippen LogP contribution in [0.1, 0.15) is 24.9 Å². The summed E-state index contributed by atoms with van der Waals surface area (Å²) in [5.41, 5.74) is 0.746. The zero-order chi connectivity index (χ0) is 11.4. The summed E-state index contributed by atoms with van der Waals surface area (Å²) in [6.45, 7) is 3.39. The summed E-state index contributed by atoms with van der Waals surface area (Å²) >= 11 is 5.64. The lowest BCUT2D eigenvalue weighted by Gasteiger charge is -2.01. The van der Waals surface area contributed by atoms with Crippen LogP contribution in [-0.4, -0.2) is 35.2 Å². The van der Waals surface area contributed by atoms with E-state index in [1.54, 1.807) is 15.6 Å². The Morgan fingerprint density at radius 1 is 1.31 bits per heavy atom. The number of aryl methyl sites for hydroxylation is 1. The molecule has 2 aromatic heterocycles. The Hall–Kier alpha value is -1.50. The monoisotopic (exact) mass is 241 g/mol. The van der Waals surface area contributed by atoms with Gasteiger partial charge < -0.3 is 0 Å². The van der Waals surface area contributed by atoms with Crippen LogP contribution in [0.4, 0.5) is 0 Å². The maximum absolute atomic E-state index is 5.64. The first-order valence-corrected chi connectivity index (χ1v) is 5.57. The van der Waals surface area contributed by atoms with Crippen molar-refractivity contribution in [2.24, 2.45) is 0 Å². The molecule has 0 aliphatic heterocycles. The number of alkyl halides is 1. The Labute approximate surface area is 97.4 Å². The Bertz CT molecular complexity index is 449. The van der Waals surface area contributed by atoms with E-state index in [1.165, 1.54) is 0 Å². The molecule has 7 nitrogen and oxygen atoms in total. The van der Waals surface area contributed by atoms with E-state index in [0.717, 1.165) is 24.5 Å². The summed E-state index contributed by atoms with van der Waals surface area (Å²) in [6, 6.07) is 0. The summed E-state index contributed by atoms with van der Waals surface area (Å²) in [5.74, 6) is 1.13. The number of hydrogen-bond acceptors (Lipinski definition) is 5. The van der Waals surface area contributed by atoms with E-state index in [4.69, 9.17) is 11.6 Å². The van der Waals surface area contributed by atoms with Crippen LogP contribution in [-0.2, 0) is 19.0 Å². The molecule has 0 atom stereocenters. The normalized spacial score (nSPS) is 10.9. The van der Waals surface area contributed by atoms with Gasteiger partial charge in [0.1, 0.15) is 6.54 Å². The largest absolute Gasteiger partial charge is 0.245 e. The number of rotatable bonds is 5. The van der Waals surface area contributed by atoms with Crippen LogP contribution in [0.5, 0.6) is 0 Å². The van der Waals surface area contributed by atoms with E-state index in [9.17, 15) is 0 Å². The van der Waals surface area contributed by atoms with Gasteiger partial charge in [-0.2, -0.15) is 0 Å². The smallest absolute Gasteiger partial charge is 0.172 e. The molecule has 0 bridgehead atoms. The van der Waals surface area contributed by atoms with Crippen molar-refractivity contribution >= 4 is 11.6 Å². The predicted molar refractivity (Wildman–Crippen MR) is 56.8 cm³/mol. The number of nitrogens with zero attached hydrogens (tertiary/aromatic N) is 7. The molecule has 0 amide bonds. The van der Waals surface area contributed by atoms with Crippen molar-refractivity contribution in [1.29, 1.82) is 0 Å². The zero-order valence-electron chi connectivity index (χ0n) is 8.91. The lowest BCUT2D eigenvalue weighted by Crippen LogP contribution is -2.10. The topological polar surface area (TPSA) is 74.3 Å². The molecule has 2 aromatic rings. The molecule has 0 aliphatic carbocycles. The summed E-state index contributed by atoms with van der Waals surface area (Å²) in [7, 11) is 0. The molecule has 8 heteroatoms. The minimum atomic E-state index is 0.361. The fraction of sp³-hybridized carbons (Fsp3) is 0.625. The maximum Gasteiger partial charge on any atom is 0.172 e. The van der Waals surface area contributed by atoms with Crippen LogP contribution in [0.3, 0.4) is 0 Å². The Morgan fingerprint density at radius 3 is 2.88 bits per heavy atom. The van der Waals surface area contributed by atoms with E-state index in [-0.39, 0.29) is 0 Å². The van der Waals surface area contributed by atoms with Gasteiger partial charge in [-0.3, -0.25) is 0 Å². The van der Waals surface area contributed by atoms with Gasteiger partial charge in [-0.05, 0) is 16.8 Å². The van der Waals surface area contributed by atoms with Gasteiger partial charge in [0.25, 0.3) is 0 Å². The van der Waals surface area contributed by atoms with E-state index in [1.807, 2.05) is 0 Å². The molecular weight excluding hydrogens is 230 g/mol. The van der Waals surface area contributed by atoms with Crippen molar-refractivity contribution in [3.05, 3.63) is 17.7 Å². The SMILES string of the molecule is CCCn1nnnc1Cn1cc(CCl)nn1. The van der Waals surface area contributed by atoms with Crippen molar-refractivity contribution in [1.82, 2.24) is 35.2 Å².